The second kappa shape index (κ2) is 22.4. The predicted molar refractivity (Wildman–Crippen MR) is 57.6 cm³/mol. The van der Waals surface area contributed by atoms with E-state index in [9.17, 15) is 4.79 Å². The molecule has 0 saturated heterocycles. The lowest BCUT2D eigenvalue weighted by Crippen LogP contribution is -1.98. The van der Waals surface area contributed by atoms with Crippen LogP contribution in [0.4, 0.5) is 0 Å². The normalized spacial score (nSPS) is 6.00. The Morgan fingerprint density at radius 2 is 1.83 bits per heavy atom. The summed E-state index contributed by atoms with van der Waals surface area (Å²) in [5.41, 5.74) is 0. The number of rotatable bonds is 3. The van der Waals surface area contributed by atoms with E-state index in [2.05, 4.69) is 30.5 Å². The van der Waals surface area contributed by atoms with Crippen molar-refractivity contribution in [2.24, 2.45) is 0 Å². The Bertz CT molecular complexity index is 111. The topological polar surface area (TPSA) is 26.3 Å². The zero-order valence-electron chi connectivity index (χ0n) is 8.04. The maximum absolute atomic E-state index is 10.2. The molecule has 0 aromatic carbocycles. The van der Waals surface area contributed by atoms with Gasteiger partial charge in [-0.15, -0.1) is 0 Å². The molecule has 0 heterocycles. The Kier molecular flexibility index (Phi) is 32.5. The first-order chi connectivity index (χ1) is 5.81. The summed E-state index contributed by atoms with van der Waals surface area (Å²) in [6.07, 6.45) is 4.31. The third-order valence-corrected chi connectivity index (χ3v) is 0.510. The molecule has 0 bridgehead atoms. The van der Waals surface area contributed by atoms with E-state index in [1.165, 1.54) is 6.08 Å². The molecule has 0 rings (SSSR count). The number of hydrogen-bond acceptors (Lipinski definition) is 3. The van der Waals surface area contributed by atoms with Crippen LogP contribution in [0.3, 0.4) is 0 Å². The van der Waals surface area contributed by atoms with Gasteiger partial charge in [0.2, 0.25) is 0 Å². The molecule has 0 amide bonds. The van der Waals surface area contributed by atoms with Gasteiger partial charge in [0.25, 0.3) is 0 Å². The van der Waals surface area contributed by atoms with Gasteiger partial charge in [0.1, 0.15) is 6.61 Å². The van der Waals surface area contributed by atoms with Crippen molar-refractivity contribution in [3.8, 4) is 0 Å². The lowest BCUT2D eigenvalue weighted by molar-refractivity contribution is -0.136. The maximum atomic E-state index is 10.2. The highest BCUT2D eigenvalue weighted by atomic mass is 32.1. The number of ether oxygens (including phenoxy) is 1. The van der Waals surface area contributed by atoms with Crippen molar-refractivity contribution >= 4 is 18.6 Å². The number of carbonyl (C=O) groups is 1. The monoisotopic (exact) mass is 190 g/mol. The summed E-state index contributed by atoms with van der Waals surface area (Å²) in [4.78, 5) is 10.2. The third kappa shape index (κ3) is 22.8. The predicted octanol–water partition coefficient (Wildman–Crippen LogP) is 2.47. The van der Waals surface area contributed by atoms with Crippen LogP contribution in [0.15, 0.2) is 25.3 Å². The van der Waals surface area contributed by atoms with Crippen molar-refractivity contribution in [3.05, 3.63) is 25.3 Å². The lowest BCUT2D eigenvalue weighted by atomic mass is 10.6. The number of hydrogen-bond donors (Lipinski definition) is 1. The fraction of sp³-hybridized carbons (Fsp3) is 0.444. The Morgan fingerprint density at radius 3 is 2.08 bits per heavy atom. The highest BCUT2D eigenvalue weighted by Crippen LogP contribution is 1.77. The van der Waals surface area contributed by atoms with Gasteiger partial charge in [-0.05, 0) is 6.26 Å². The van der Waals surface area contributed by atoms with Gasteiger partial charge in [0.05, 0.1) is 0 Å². The molecule has 2 nitrogen and oxygen atoms in total. The van der Waals surface area contributed by atoms with Crippen molar-refractivity contribution in [3.63, 3.8) is 0 Å². The average molecular weight is 190 g/mol. The molecule has 0 aliphatic carbocycles. The van der Waals surface area contributed by atoms with Gasteiger partial charge in [-0.1, -0.05) is 33.1 Å². The first-order valence-corrected chi connectivity index (χ1v) is 4.55. The lowest BCUT2D eigenvalue weighted by Gasteiger charge is -1.92. The van der Waals surface area contributed by atoms with E-state index in [1.807, 2.05) is 13.8 Å². The summed E-state index contributed by atoms with van der Waals surface area (Å²) in [5.74, 6) is -0.412. The molecule has 0 aliphatic heterocycles. The van der Waals surface area contributed by atoms with Crippen LogP contribution < -0.4 is 0 Å². The van der Waals surface area contributed by atoms with E-state index in [1.54, 1.807) is 6.26 Å². The van der Waals surface area contributed by atoms with Gasteiger partial charge in [-0.3, -0.25) is 0 Å². The standard InChI is InChI=1S/C6H8O2.C2H6.CH4S/c1-3-5-8-6(7)4-2;2*1-2/h3-4H,1-2,5H2;1-2H3;2H,1H3. The van der Waals surface area contributed by atoms with E-state index in [0.717, 1.165) is 6.08 Å². The maximum Gasteiger partial charge on any atom is 0.330 e. The second-order valence-electron chi connectivity index (χ2n) is 1.12. The highest BCUT2D eigenvalue weighted by molar-refractivity contribution is 7.79. The van der Waals surface area contributed by atoms with Gasteiger partial charge in [0.15, 0.2) is 0 Å². The van der Waals surface area contributed by atoms with Crippen LogP contribution in [0.5, 0.6) is 0 Å². The first kappa shape index (κ1) is 17.4. The summed E-state index contributed by atoms with van der Waals surface area (Å²) >= 11 is 3.53. The summed E-state index contributed by atoms with van der Waals surface area (Å²) in [5, 5.41) is 0. The largest absolute Gasteiger partial charge is 0.458 e. The summed E-state index contributed by atoms with van der Waals surface area (Å²) in [6, 6.07) is 0. The molecule has 0 aromatic heterocycles. The fourth-order valence-electron chi connectivity index (χ4n) is 0.200. The van der Waals surface area contributed by atoms with E-state index in [-0.39, 0.29) is 6.61 Å². The molecular weight excluding hydrogens is 172 g/mol. The minimum Gasteiger partial charge on any atom is -0.458 e. The molecule has 3 heteroatoms. The molecule has 0 unspecified atom stereocenters. The van der Waals surface area contributed by atoms with Crippen molar-refractivity contribution < 1.29 is 9.53 Å². The molecule has 0 N–H and O–H groups in total. The average Bonchev–Trinajstić information content (AvgIpc) is 2.20. The van der Waals surface area contributed by atoms with Gasteiger partial charge in [-0.2, -0.15) is 12.6 Å². The smallest absolute Gasteiger partial charge is 0.330 e. The molecule has 0 saturated carbocycles. The zero-order valence-corrected chi connectivity index (χ0v) is 8.93. The van der Waals surface area contributed by atoms with Gasteiger partial charge in [-0.25, -0.2) is 4.79 Å². The molecule has 12 heavy (non-hydrogen) atoms. The van der Waals surface area contributed by atoms with Crippen molar-refractivity contribution in [2.45, 2.75) is 13.8 Å². The van der Waals surface area contributed by atoms with Crippen molar-refractivity contribution in [1.82, 2.24) is 0 Å². The fourth-order valence-corrected chi connectivity index (χ4v) is 0.200. The van der Waals surface area contributed by atoms with Crippen LogP contribution in [0.25, 0.3) is 0 Å². The highest BCUT2D eigenvalue weighted by Gasteiger charge is 1.87. The second-order valence-corrected chi connectivity index (χ2v) is 1.12. The van der Waals surface area contributed by atoms with Crippen LogP contribution >= 0.6 is 12.6 Å². The number of thiol groups is 1. The quantitative estimate of drug-likeness (QED) is 0.320. The van der Waals surface area contributed by atoms with Gasteiger partial charge in [0, 0.05) is 6.08 Å². The molecule has 0 spiro atoms. The Balaban J connectivity index is -0.000000175. The number of esters is 1. The van der Waals surface area contributed by atoms with Crippen molar-refractivity contribution in [2.75, 3.05) is 12.9 Å². The van der Waals surface area contributed by atoms with Crippen LogP contribution in [-0.2, 0) is 9.53 Å². The Hall–Kier alpha value is -0.700. The summed E-state index contributed by atoms with van der Waals surface area (Å²) in [6.45, 7) is 10.8. The Morgan fingerprint density at radius 1 is 1.42 bits per heavy atom. The molecule has 0 atom stereocenters. The molecular formula is C9H18O2S. The summed E-state index contributed by atoms with van der Waals surface area (Å²) < 4.78 is 4.47. The first-order valence-electron chi connectivity index (χ1n) is 3.66. The van der Waals surface area contributed by atoms with Gasteiger partial charge >= 0.3 is 5.97 Å². The van der Waals surface area contributed by atoms with E-state index < -0.39 is 5.97 Å². The van der Waals surface area contributed by atoms with Gasteiger partial charge < -0.3 is 4.74 Å². The van der Waals surface area contributed by atoms with Crippen LogP contribution in [-0.4, -0.2) is 18.8 Å². The number of carbonyl (C=O) groups excluding carboxylic acids is 1. The zero-order chi connectivity index (χ0) is 10.4. The van der Waals surface area contributed by atoms with Crippen molar-refractivity contribution in [1.29, 1.82) is 0 Å². The van der Waals surface area contributed by atoms with E-state index >= 15 is 0 Å². The van der Waals surface area contributed by atoms with E-state index in [0.29, 0.717) is 0 Å². The molecule has 0 radical (unpaired) electrons. The minimum absolute atomic E-state index is 0.255. The SMILES string of the molecule is C=CCOC(=O)C=C.CC.CS. The van der Waals surface area contributed by atoms with E-state index in [4.69, 9.17) is 0 Å². The molecule has 0 aliphatic rings. The van der Waals surface area contributed by atoms with Crippen LogP contribution in [0, 0.1) is 0 Å². The van der Waals surface area contributed by atoms with Crippen LogP contribution in [0.2, 0.25) is 0 Å². The minimum atomic E-state index is -0.412. The third-order valence-electron chi connectivity index (χ3n) is 0.510. The molecule has 0 aromatic rings. The Labute approximate surface area is 80.7 Å². The molecule has 72 valence electrons. The summed E-state index contributed by atoms with van der Waals surface area (Å²) in [7, 11) is 0. The molecule has 0 fully saturated rings. The van der Waals surface area contributed by atoms with Crippen LogP contribution in [0.1, 0.15) is 13.8 Å².